The number of carbonyl (C=O) groups excluding carboxylic acids is 1. The van der Waals surface area contributed by atoms with Crippen molar-refractivity contribution in [1.29, 1.82) is 0 Å². The van der Waals surface area contributed by atoms with Crippen molar-refractivity contribution in [3.63, 3.8) is 0 Å². The van der Waals surface area contributed by atoms with E-state index in [1.165, 1.54) is 44.2 Å². The highest BCUT2D eigenvalue weighted by molar-refractivity contribution is 5.80. The van der Waals surface area contributed by atoms with E-state index in [1.807, 2.05) is 4.90 Å². The van der Waals surface area contributed by atoms with Gasteiger partial charge < -0.3 is 15.5 Å². The lowest BCUT2D eigenvalue weighted by Crippen LogP contribution is -2.41. The number of hydrogen-bond donors (Lipinski definition) is 2. The van der Waals surface area contributed by atoms with E-state index in [0.29, 0.717) is 18.9 Å². The molecule has 1 amide bonds. The van der Waals surface area contributed by atoms with Crippen molar-refractivity contribution < 1.29 is 9.72 Å². The normalized spacial score (nSPS) is 17.9. The van der Waals surface area contributed by atoms with E-state index in [-0.39, 0.29) is 11.6 Å². The smallest absolute Gasteiger partial charge is 0.269 e. The van der Waals surface area contributed by atoms with Gasteiger partial charge in [0.25, 0.3) is 5.69 Å². The van der Waals surface area contributed by atoms with Gasteiger partial charge in [-0.3, -0.25) is 14.9 Å². The molecule has 1 saturated heterocycles. The molecule has 0 spiro atoms. The number of rotatable bonds is 9. The largest absolute Gasteiger partial charge is 0.356 e. The Morgan fingerprint density at radius 2 is 1.90 bits per heavy atom. The molecule has 8 nitrogen and oxygen atoms in total. The van der Waals surface area contributed by atoms with Gasteiger partial charge in [0.2, 0.25) is 5.91 Å². The average molecular weight is 416 g/mol. The van der Waals surface area contributed by atoms with E-state index >= 15 is 0 Å². The van der Waals surface area contributed by atoms with Gasteiger partial charge in [0.15, 0.2) is 5.96 Å². The number of aliphatic imine (C=N–C) groups is 1. The maximum atomic E-state index is 11.7. The summed E-state index contributed by atoms with van der Waals surface area (Å²) in [4.78, 5) is 28.8. The number of nitrogens with one attached hydrogen (secondary N) is 2. The minimum Gasteiger partial charge on any atom is -0.356 e. The second-order valence-corrected chi connectivity index (χ2v) is 8.24. The number of amides is 1. The first-order chi connectivity index (χ1) is 14.6. The fraction of sp³-hybridized carbons (Fsp3) is 0.636. The van der Waals surface area contributed by atoms with Crippen molar-refractivity contribution in [3.8, 4) is 0 Å². The number of non-ortho nitro benzene ring substituents is 1. The molecule has 1 saturated carbocycles. The van der Waals surface area contributed by atoms with E-state index in [4.69, 9.17) is 0 Å². The van der Waals surface area contributed by atoms with Crippen LogP contribution in [0.5, 0.6) is 0 Å². The molecular formula is C22H33N5O3. The van der Waals surface area contributed by atoms with Crippen LogP contribution in [0.4, 0.5) is 5.69 Å². The summed E-state index contributed by atoms with van der Waals surface area (Å²) < 4.78 is 0. The lowest BCUT2D eigenvalue weighted by Gasteiger charge is -2.23. The Labute approximate surface area is 178 Å². The highest BCUT2D eigenvalue weighted by Gasteiger charge is 2.19. The van der Waals surface area contributed by atoms with E-state index in [9.17, 15) is 14.9 Å². The van der Waals surface area contributed by atoms with Crippen molar-refractivity contribution in [2.24, 2.45) is 10.9 Å². The Hall–Kier alpha value is -2.64. The van der Waals surface area contributed by atoms with Gasteiger partial charge in [-0.25, -0.2) is 4.99 Å². The van der Waals surface area contributed by atoms with Crippen LogP contribution in [0.2, 0.25) is 0 Å². The fourth-order valence-electron chi connectivity index (χ4n) is 4.12. The second kappa shape index (κ2) is 11.5. The predicted molar refractivity (Wildman–Crippen MR) is 117 cm³/mol. The molecule has 2 N–H and O–H groups in total. The molecule has 30 heavy (non-hydrogen) atoms. The minimum absolute atomic E-state index is 0.0907. The van der Waals surface area contributed by atoms with Gasteiger partial charge >= 0.3 is 0 Å². The first-order valence-electron chi connectivity index (χ1n) is 11.1. The lowest BCUT2D eigenvalue weighted by molar-refractivity contribution is -0.384. The van der Waals surface area contributed by atoms with Gasteiger partial charge in [-0.05, 0) is 37.2 Å². The number of likely N-dealkylation sites (tertiary alicyclic amines) is 1. The molecule has 0 radical (unpaired) electrons. The topological polar surface area (TPSA) is 99.9 Å². The zero-order valence-electron chi connectivity index (χ0n) is 17.6. The molecule has 164 valence electrons. The van der Waals surface area contributed by atoms with Gasteiger partial charge in [0, 0.05) is 44.7 Å². The molecule has 1 aromatic rings. The number of guanidine groups is 1. The van der Waals surface area contributed by atoms with Crippen molar-refractivity contribution in [2.75, 3.05) is 26.2 Å². The number of benzene rings is 1. The Kier molecular flexibility index (Phi) is 8.47. The summed E-state index contributed by atoms with van der Waals surface area (Å²) in [5.74, 6) is 1.72. The molecule has 0 bridgehead atoms. The predicted octanol–water partition coefficient (Wildman–Crippen LogP) is 3.22. The van der Waals surface area contributed by atoms with E-state index in [2.05, 4.69) is 15.6 Å². The van der Waals surface area contributed by atoms with E-state index in [1.54, 1.807) is 12.1 Å². The third-order valence-electron chi connectivity index (χ3n) is 5.92. The molecule has 1 aliphatic carbocycles. The zero-order valence-corrected chi connectivity index (χ0v) is 17.6. The van der Waals surface area contributed by atoms with Crippen LogP contribution in [0, 0.1) is 16.0 Å². The summed E-state index contributed by atoms with van der Waals surface area (Å²) in [5.41, 5.74) is 1.02. The summed E-state index contributed by atoms with van der Waals surface area (Å²) in [5, 5.41) is 17.7. The van der Waals surface area contributed by atoms with Gasteiger partial charge in [0.1, 0.15) is 0 Å². The number of nitro groups is 1. The highest BCUT2D eigenvalue weighted by Crippen LogP contribution is 2.22. The van der Waals surface area contributed by atoms with Gasteiger partial charge in [0.05, 0.1) is 11.5 Å². The maximum Gasteiger partial charge on any atom is 0.269 e. The highest BCUT2D eigenvalue weighted by atomic mass is 16.6. The third kappa shape index (κ3) is 7.00. The van der Waals surface area contributed by atoms with Crippen LogP contribution in [0.25, 0.3) is 0 Å². The standard InChI is InChI=1S/C22H33N5O3/c28-21-8-4-14-26(21)15-5-13-23-22(24-16-18-6-2-1-3-7-18)25-17-19-9-11-20(12-10-19)27(29)30/h9-12,18H,1-8,13-17H2,(H2,23,24,25). The van der Waals surface area contributed by atoms with Gasteiger partial charge in [-0.1, -0.05) is 31.4 Å². The molecular weight excluding hydrogens is 382 g/mol. The second-order valence-electron chi connectivity index (χ2n) is 8.24. The molecule has 1 aliphatic heterocycles. The molecule has 1 aromatic carbocycles. The van der Waals surface area contributed by atoms with Crippen LogP contribution in [0.3, 0.4) is 0 Å². The first kappa shape index (κ1) is 22.1. The summed E-state index contributed by atoms with van der Waals surface area (Å²) in [6, 6.07) is 6.53. The SMILES string of the molecule is O=C1CCCN1CCCNC(=NCc1ccc([N+](=O)[O-])cc1)NCC1CCCCC1. The summed E-state index contributed by atoms with van der Waals surface area (Å²) >= 11 is 0. The van der Waals surface area contributed by atoms with Crippen LogP contribution in [-0.4, -0.2) is 47.9 Å². The number of carbonyl (C=O) groups is 1. The van der Waals surface area contributed by atoms with Crippen LogP contribution in [0.1, 0.15) is 56.9 Å². The molecule has 1 heterocycles. The van der Waals surface area contributed by atoms with Crippen molar-refractivity contribution in [3.05, 3.63) is 39.9 Å². The van der Waals surface area contributed by atoms with Crippen LogP contribution in [-0.2, 0) is 11.3 Å². The lowest BCUT2D eigenvalue weighted by atomic mass is 9.89. The molecule has 2 aliphatic rings. The zero-order chi connectivity index (χ0) is 21.2. The first-order valence-corrected chi connectivity index (χ1v) is 11.1. The van der Waals surface area contributed by atoms with Gasteiger partial charge in [-0.15, -0.1) is 0 Å². The average Bonchev–Trinajstić information content (AvgIpc) is 3.18. The Morgan fingerprint density at radius 3 is 2.57 bits per heavy atom. The van der Waals surface area contributed by atoms with Crippen molar-refractivity contribution in [1.82, 2.24) is 15.5 Å². The van der Waals surface area contributed by atoms with Crippen LogP contribution < -0.4 is 10.6 Å². The number of hydrogen-bond acceptors (Lipinski definition) is 4. The Bertz CT molecular complexity index is 729. The molecule has 0 aromatic heterocycles. The monoisotopic (exact) mass is 415 g/mol. The fourth-order valence-corrected chi connectivity index (χ4v) is 4.12. The van der Waals surface area contributed by atoms with Gasteiger partial charge in [-0.2, -0.15) is 0 Å². The van der Waals surface area contributed by atoms with Crippen LogP contribution >= 0.6 is 0 Å². The Morgan fingerprint density at radius 1 is 1.13 bits per heavy atom. The summed E-state index contributed by atoms with van der Waals surface area (Å²) in [6.45, 7) is 3.78. The molecule has 0 atom stereocenters. The molecule has 8 heteroatoms. The minimum atomic E-state index is -0.392. The van der Waals surface area contributed by atoms with Crippen molar-refractivity contribution >= 4 is 17.6 Å². The van der Waals surface area contributed by atoms with Crippen molar-refractivity contribution in [2.45, 2.75) is 57.9 Å². The molecule has 2 fully saturated rings. The number of nitro benzene ring substituents is 1. The maximum absolute atomic E-state index is 11.7. The molecule has 3 rings (SSSR count). The Balaban J connectivity index is 1.51. The number of nitrogens with zero attached hydrogens (tertiary/aromatic N) is 3. The van der Waals surface area contributed by atoms with E-state index < -0.39 is 4.92 Å². The van der Waals surface area contributed by atoms with Crippen LogP contribution in [0.15, 0.2) is 29.3 Å². The molecule has 0 unspecified atom stereocenters. The summed E-state index contributed by atoms with van der Waals surface area (Å²) in [6.07, 6.45) is 9.01. The third-order valence-corrected chi connectivity index (χ3v) is 5.92. The van der Waals surface area contributed by atoms with E-state index in [0.717, 1.165) is 50.5 Å². The summed E-state index contributed by atoms with van der Waals surface area (Å²) in [7, 11) is 0. The quantitative estimate of drug-likeness (QED) is 0.212.